The quantitative estimate of drug-likeness (QED) is 0.759. The molecule has 132 valence electrons. The second-order valence-corrected chi connectivity index (χ2v) is 8.24. The van der Waals surface area contributed by atoms with E-state index >= 15 is 0 Å². The summed E-state index contributed by atoms with van der Waals surface area (Å²) in [6, 6.07) is 15.1. The summed E-state index contributed by atoms with van der Waals surface area (Å²) in [4.78, 5) is 19.8. The predicted molar refractivity (Wildman–Crippen MR) is 104 cm³/mol. The summed E-state index contributed by atoms with van der Waals surface area (Å²) in [5, 5.41) is 0. The van der Waals surface area contributed by atoms with E-state index in [4.69, 9.17) is 0 Å². The highest BCUT2D eigenvalue weighted by Crippen LogP contribution is 2.48. The number of nitrogens with zero attached hydrogens (tertiary/aromatic N) is 2. The molecule has 2 bridgehead atoms. The number of benzene rings is 2. The van der Waals surface area contributed by atoms with Gasteiger partial charge in [0.05, 0.1) is 5.69 Å². The summed E-state index contributed by atoms with van der Waals surface area (Å²) >= 11 is 0. The van der Waals surface area contributed by atoms with Crippen LogP contribution in [-0.4, -0.2) is 29.6 Å². The van der Waals surface area contributed by atoms with E-state index in [1.807, 2.05) is 24.4 Å². The van der Waals surface area contributed by atoms with E-state index in [-0.39, 0.29) is 17.4 Å². The van der Waals surface area contributed by atoms with Crippen LogP contribution in [0.1, 0.15) is 47.3 Å². The van der Waals surface area contributed by atoms with E-state index in [1.54, 1.807) is 0 Å². The topological polar surface area (TPSA) is 32.7 Å². The highest BCUT2D eigenvalue weighted by atomic mass is 16.2. The number of likely N-dealkylation sites (tertiary alicyclic amines) is 1. The Bertz CT molecular complexity index is 932. The Kier molecular flexibility index (Phi) is 3.37. The SMILES string of the molecule is C[C@H]1[C@H]2Cc3ccccc3[C@]1(C)CCN2C(=O)c1ccc2c(c1)CC=N2. The van der Waals surface area contributed by atoms with Crippen LogP contribution in [0.5, 0.6) is 0 Å². The van der Waals surface area contributed by atoms with Crippen molar-refractivity contribution in [1.82, 2.24) is 4.90 Å². The highest BCUT2D eigenvalue weighted by molar-refractivity contribution is 5.96. The zero-order valence-corrected chi connectivity index (χ0v) is 15.4. The van der Waals surface area contributed by atoms with E-state index < -0.39 is 0 Å². The number of hydrogen-bond donors (Lipinski definition) is 0. The van der Waals surface area contributed by atoms with Gasteiger partial charge in [-0.25, -0.2) is 0 Å². The van der Waals surface area contributed by atoms with Crippen molar-refractivity contribution in [2.24, 2.45) is 10.9 Å². The van der Waals surface area contributed by atoms with E-state index in [0.717, 1.165) is 37.1 Å². The maximum atomic E-state index is 13.3. The van der Waals surface area contributed by atoms with Crippen molar-refractivity contribution < 1.29 is 4.79 Å². The molecule has 1 fully saturated rings. The standard InChI is InChI=1S/C23H24N2O/c1-15-21-14-16-5-3-4-6-19(16)23(15,2)10-12-25(21)22(26)18-7-8-20-17(13-18)9-11-24-20/h3-8,11,13,15,21H,9-10,12,14H2,1-2H3/t15-,21+,23+/m0/s1. The first kappa shape index (κ1) is 15.8. The van der Waals surface area contributed by atoms with Gasteiger partial charge in [-0.2, -0.15) is 0 Å². The molecule has 0 spiro atoms. The van der Waals surface area contributed by atoms with Gasteiger partial charge in [-0.3, -0.25) is 9.79 Å². The monoisotopic (exact) mass is 344 g/mol. The van der Waals surface area contributed by atoms with Gasteiger partial charge < -0.3 is 4.90 Å². The van der Waals surface area contributed by atoms with Crippen LogP contribution in [0, 0.1) is 5.92 Å². The fourth-order valence-corrected chi connectivity index (χ4v) is 5.26. The number of carbonyl (C=O) groups is 1. The normalized spacial score (nSPS) is 28.6. The third kappa shape index (κ3) is 2.13. The molecular formula is C23H24N2O. The number of fused-ring (bicyclic) bond motifs is 5. The average molecular weight is 344 g/mol. The first-order valence-corrected chi connectivity index (χ1v) is 9.63. The maximum Gasteiger partial charge on any atom is 0.254 e. The third-order valence-corrected chi connectivity index (χ3v) is 7.05. The number of piperidine rings is 1. The molecule has 1 amide bonds. The number of carbonyl (C=O) groups excluding carboxylic acids is 1. The second kappa shape index (κ2) is 5.54. The molecule has 3 nitrogen and oxygen atoms in total. The van der Waals surface area contributed by atoms with Gasteiger partial charge in [0.25, 0.3) is 5.91 Å². The number of amides is 1. The lowest BCUT2D eigenvalue weighted by Gasteiger charge is -2.54. The van der Waals surface area contributed by atoms with Crippen LogP contribution in [-0.2, 0) is 18.3 Å². The van der Waals surface area contributed by atoms with E-state index in [9.17, 15) is 4.79 Å². The van der Waals surface area contributed by atoms with Gasteiger partial charge in [-0.15, -0.1) is 0 Å². The van der Waals surface area contributed by atoms with Crippen molar-refractivity contribution in [3.63, 3.8) is 0 Å². The van der Waals surface area contributed by atoms with Gasteiger partial charge >= 0.3 is 0 Å². The summed E-state index contributed by atoms with van der Waals surface area (Å²) < 4.78 is 0. The van der Waals surface area contributed by atoms with Crippen molar-refractivity contribution in [3.05, 3.63) is 64.7 Å². The first-order chi connectivity index (χ1) is 12.6. The molecule has 3 atom stereocenters. The molecule has 26 heavy (non-hydrogen) atoms. The molecule has 5 rings (SSSR count). The zero-order chi connectivity index (χ0) is 17.9. The van der Waals surface area contributed by atoms with E-state index in [0.29, 0.717) is 5.92 Å². The van der Waals surface area contributed by atoms with Gasteiger partial charge in [0.15, 0.2) is 0 Å². The lowest BCUT2D eigenvalue weighted by Crippen LogP contribution is -2.59. The lowest BCUT2D eigenvalue weighted by molar-refractivity contribution is 0.0250. The molecule has 1 aliphatic carbocycles. The summed E-state index contributed by atoms with van der Waals surface area (Å²) in [6.45, 7) is 5.56. The Morgan fingerprint density at radius 1 is 1.19 bits per heavy atom. The van der Waals surface area contributed by atoms with Crippen LogP contribution >= 0.6 is 0 Å². The van der Waals surface area contributed by atoms with Gasteiger partial charge in [-0.05, 0) is 59.1 Å². The molecule has 2 aromatic rings. The average Bonchev–Trinajstić information content (AvgIpc) is 3.12. The minimum absolute atomic E-state index is 0.169. The molecule has 0 aromatic heterocycles. The zero-order valence-electron chi connectivity index (χ0n) is 15.4. The summed E-state index contributed by atoms with van der Waals surface area (Å²) in [7, 11) is 0. The molecule has 0 unspecified atom stereocenters. The van der Waals surface area contributed by atoms with E-state index in [1.165, 1.54) is 16.7 Å². The molecule has 2 aromatic carbocycles. The van der Waals surface area contributed by atoms with Gasteiger partial charge in [-0.1, -0.05) is 38.1 Å². The largest absolute Gasteiger partial charge is 0.335 e. The Hall–Kier alpha value is -2.42. The number of aliphatic imine (C=N–C) groups is 1. The van der Waals surface area contributed by atoms with Gasteiger partial charge in [0.2, 0.25) is 0 Å². The van der Waals surface area contributed by atoms with Crippen molar-refractivity contribution in [2.75, 3.05) is 6.54 Å². The Balaban J connectivity index is 1.50. The number of hydrogen-bond acceptors (Lipinski definition) is 2. The van der Waals surface area contributed by atoms with Crippen molar-refractivity contribution in [1.29, 1.82) is 0 Å². The van der Waals surface area contributed by atoms with Crippen LogP contribution in [0.15, 0.2) is 47.5 Å². The minimum Gasteiger partial charge on any atom is -0.335 e. The molecule has 3 heteroatoms. The Morgan fingerprint density at radius 3 is 2.92 bits per heavy atom. The maximum absolute atomic E-state index is 13.3. The summed E-state index contributed by atoms with van der Waals surface area (Å²) in [6.07, 6.45) is 4.75. The molecular weight excluding hydrogens is 320 g/mol. The fourth-order valence-electron chi connectivity index (χ4n) is 5.26. The van der Waals surface area contributed by atoms with Gasteiger partial charge in [0.1, 0.15) is 0 Å². The van der Waals surface area contributed by atoms with Crippen molar-refractivity contribution in [3.8, 4) is 0 Å². The van der Waals surface area contributed by atoms with Crippen LogP contribution in [0.3, 0.4) is 0 Å². The molecule has 3 aliphatic rings. The summed E-state index contributed by atoms with van der Waals surface area (Å²) in [5.41, 5.74) is 6.06. The molecule has 2 heterocycles. The third-order valence-electron chi connectivity index (χ3n) is 7.05. The highest BCUT2D eigenvalue weighted by Gasteiger charge is 2.49. The Morgan fingerprint density at radius 2 is 2.04 bits per heavy atom. The van der Waals surface area contributed by atoms with Crippen LogP contribution in [0.2, 0.25) is 0 Å². The molecule has 2 aliphatic heterocycles. The van der Waals surface area contributed by atoms with Crippen LogP contribution in [0.4, 0.5) is 5.69 Å². The molecule has 0 saturated carbocycles. The van der Waals surface area contributed by atoms with Crippen molar-refractivity contribution in [2.45, 2.75) is 44.6 Å². The first-order valence-electron chi connectivity index (χ1n) is 9.63. The van der Waals surface area contributed by atoms with Crippen molar-refractivity contribution >= 4 is 17.8 Å². The molecule has 0 N–H and O–H groups in total. The Labute approximate surface area is 154 Å². The van der Waals surface area contributed by atoms with Gasteiger partial charge in [0, 0.05) is 30.8 Å². The fraction of sp³-hybridized carbons (Fsp3) is 0.391. The van der Waals surface area contributed by atoms with Crippen LogP contribution in [0.25, 0.3) is 0 Å². The molecule has 0 radical (unpaired) electrons. The van der Waals surface area contributed by atoms with E-state index in [2.05, 4.69) is 48.0 Å². The summed E-state index contributed by atoms with van der Waals surface area (Å²) in [5.74, 6) is 0.644. The van der Waals surface area contributed by atoms with Crippen LogP contribution < -0.4 is 0 Å². The lowest BCUT2D eigenvalue weighted by atomic mass is 9.59. The second-order valence-electron chi connectivity index (χ2n) is 8.24. The molecule has 1 saturated heterocycles. The predicted octanol–water partition coefficient (Wildman–Crippen LogP) is 4.31. The smallest absolute Gasteiger partial charge is 0.254 e. The minimum atomic E-state index is 0.169. The number of rotatable bonds is 1.